The van der Waals surface area contributed by atoms with Crippen molar-refractivity contribution < 1.29 is 19.4 Å². The largest absolute Gasteiger partial charge is 0.497 e. The van der Waals surface area contributed by atoms with Crippen LogP contribution in [0, 0.1) is 0 Å². The van der Waals surface area contributed by atoms with E-state index in [0.717, 1.165) is 35.6 Å². The van der Waals surface area contributed by atoms with Gasteiger partial charge in [0.2, 0.25) is 0 Å². The van der Waals surface area contributed by atoms with Crippen LogP contribution in [-0.4, -0.2) is 46.6 Å². The van der Waals surface area contributed by atoms with Crippen LogP contribution in [0.2, 0.25) is 0 Å². The molecule has 138 valence electrons. The predicted molar refractivity (Wildman–Crippen MR) is 99.6 cm³/mol. The van der Waals surface area contributed by atoms with Crippen LogP contribution in [0.3, 0.4) is 0 Å². The van der Waals surface area contributed by atoms with Crippen LogP contribution in [-0.2, 0) is 4.79 Å². The lowest BCUT2D eigenvalue weighted by molar-refractivity contribution is -0.151. The molecule has 0 atom stereocenters. The summed E-state index contributed by atoms with van der Waals surface area (Å²) in [5.74, 6) is -0.522. The Labute approximate surface area is 156 Å². The number of ether oxygens (including phenoxy) is 1. The van der Waals surface area contributed by atoms with E-state index < -0.39 is 11.5 Å². The molecule has 3 rings (SSSR count). The molecule has 0 saturated heterocycles. The zero-order chi connectivity index (χ0) is 18.7. The number of carboxylic acid groups (broad SMARTS) is 1. The molecule has 0 bridgehead atoms. The number of aliphatic carboxylic acids is 1. The van der Waals surface area contributed by atoms with Crippen LogP contribution < -0.4 is 4.74 Å². The fourth-order valence-electron chi connectivity index (χ4n) is 3.43. The van der Waals surface area contributed by atoms with Gasteiger partial charge in [-0.25, -0.2) is 9.78 Å². The van der Waals surface area contributed by atoms with E-state index >= 15 is 0 Å². The molecule has 0 unspecified atom stereocenters. The van der Waals surface area contributed by atoms with Gasteiger partial charge in [0.05, 0.1) is 7.11 Å². The second-order valence-electron chi connectivity index (χ2n) is 6.53. The smallest absolute Gasteiger partial charge is 0.329 e. The molecule has 1 fully saturated rings. The first-order chi connectivity index (χ1) is 12.5. The first-order valence-corrected chi connectivity index (χ1v) is 9.47. The topological polar surface area (TPSA) is 79.7 Å². The fraction of sp³-hybridized carbons (Fsp3) is 0.421. The highest BCUT2D eigenvalue weighted by molar-refractivity contribution is 7.13. The summed E-state index contributed by atoms with van der Waals surface area (Å²) in [5, 5.41) is 12.2. The van der Waals surface area contributed by atoms with Crippen molar-refractivity contribution in [3.63, 3.8) is 0 Å². The Morgan fingerprint density at radius 2 is 1.85 bits per heavy atom. The third-order valence-corrected chi connectivity index (χ3v) is 5.98. The Bertz CT molecular complexity index is 794. The van der Waals surface area contributed by atoms with Crippen LogP contribution in [0.15, 0.2) is 29.6 Å². The van der Waals surface area contributed by atoms with Gasteiger partial charge in [0.25, 0.3) is 5.91 Å². The normalized spacial score (nSPS) is 16.1. The van der Waals surface area contributed by atoms with Gasteiger partial charge in [-0.1, -0.05) is 19.3 Å². The van der Waals surface area contributed by atoms with Gasteiger partial charge in [-0.3, -0.25) is 4.79 Å². The molecule has 1 aliphatic rings. The second kappa shape index (κ2) is 7.45. The lowest BCUT2D eigenvalue weighted by Crippen LogP contribution is -2.56. The summed E-state index contributed by atoms with van der Waals surface area (Å²) in [6.07, 6.45) is 3.62. The highest BCUT2D eigenvalue weighted by atomic mass is 32.1. The Morgan fingerprint density at radius 3 is 2.42 bits per heavy atom. The Morgan fingerprint density at radius 1 is 1.19 bits per heavy atom. The van der Waals surface area contributed by atoms with Gasteiger partial charge in [-0.05, 0) is 37.1 Å². The number of rotatable bonds is 5. The van der Waals surface area contributed by atoms with Gasteiger partial charge >= 0.3 is 5.97 Å². The molecule has 1 heterocycles. The number of thiazole rings is 1. The van der Waals surface area contributed by atoms with Crippen molar-refractivity contribution in [3.05, 3.63) is 35.3 Å². The summed E-state index contributed by atoms with van der Waals surface area (Å²) >= 11 is 1.37. The first-order valence-electron chi connectivity index (χ1n) is 8.59. The van der Waals surface area contributed by atoms with Gasteiger partial charge < -0.3 is 14.7 Å². The van der Waals surface area contributed by atoms with Crippen LogP contribution in [0.25, 0.3) is 10.6 Å². The zero-order valence-electron chi connectivity index (χ0n) is 14.9. The van der Waals surface area contributed by atoms with Crippen molar-refractivity contribution in [3.8, 4) is 16.3 Å². The first kappa shape index (κ1) is 18.4. The summed E-state index contributed by atoms with van der Waals surface area (Å²) in [7, 11) is 3.18. The molecular formula is C19H22N2O4S. The minimum Gasteiger partial charge on any atom is -0.497 e. The summed E-state index contributed by atoms with van der Waals surface area (Å²) in [4.78, 5) is 30.6. The maximum Gasteiger partial charge on any atom is 0.329 e. The number of nitrogens with zero attached hydrogens (tertiary/aromatic N) is 2. The molecule has 0 spiro atoms. The molecule has 7 heteroatoms. The monoisotopic (exact) mass is 374 g/mol. The Kier molecular flexibility index (Phi) is 5.27. The van der Waals surface area contributed by atoms with Gasteiger partial charge in [-0.15, -0.1) is 11.3 Å². The van der Waals surface area contributed by atoms with Crippen molar-refractivity contribution >= 4 is 23.2 Å². The lowest BCUT2D eigenvalue weighted by Gasteiger charge is -2.40. The average Bonchev–Trinajstić information content (AvgIpc) is 3.17. The lowest BCUT2D eigenvalue weighted by atomic mass is 9.80. The van der Waals surface area contributed by atoms with Crippen molar-refractivity contribution in [2.45, 2.75) is 37.6 Å². The molecule has 6 nitrogen and oxygen atoms in total. The summed E-state index contributed by atoms with van der Waals surface area (Å²) in [5.41, 5.74) is 0.0526. The molecule has 1 aliphatic carbocycles. The molecule has 26 heavy (non-hydrogen) atoms. The number of likely N-dealkylation sites (N-methyl/N-ethyl adjacent to an activating group) is 1. The van der Waals surface area contributed by atoms with Crippen molar-refractivity contribution in [2.24, 2.45) is 0 Å². The SMILES string of the molecule is COc1ccc(-c2nc(C(=O)N(C)C3(C(=O)O)CCCCC3)cs2)cc1. The van der Waals surface area contributed by atoms with Crippen molar-refractivity contribution in [1.29, 1.82) is 0 Å². The van der Waals surface area contributed by atoms with E-state index in [1.165, 1.54) is 16.2 Å². The minimum atomic E-state index is -1.13. The van der Waals surface area contributed by atoms with Gasteiger partial charge in [0.1, 0.15) is 22.0 Å². The van der Waals surface area contributed by atoms with Gasteiger partial charge in [0.15, 0.2) is 0 Å². The van der Waals surface area contributed by atoms with Crippen LogP contribution in [0.4, 0.5) is 0 Å². The average molecular weight is 374 g/mol. The molecule has 1 saturated carbocycles. The maximum absolute atomic E-state index is 12.9. The van der Waals surface area contributed by atoms with E-state index in [4.69, 9.17) is 4.74 Å². The van der Waals surface area contributed by atoms with Crippen LogP contribution in [0.1, 0.15) is 42.6 Å². The van der Waals surface area contributed by atoms with E-state index in [0.29, 0.717) is 12.8 Å². The zero-order valence-corrected chi connectivity index (χ0v) is 15.7. The highest BCUT2D eigenvalue weighted by Gasteiger charge is 2.46. The molecule has 1 aromatic carbocycles. The Hall–Kier alpha value is -2.41. The van der Waals surface area contributed by atoms with Crippen LogP contribution >= 0.6 is 11.3 Å². The molecule has 1 aromatic heterocycles. The number of hydrogen-bond acceptors (Lipinski definition) is 5. The standard InChI is InChI=1S/C19H22N2O4S/c1-21(19(18(23)24)10-4-3-5-11-19)17(22)15-12-26-16(20-15)13-6-8-14(25-2)9-7-13/h6-9,12H,3-5,10-11H2,1-2H3,(H,23,24). The molecule has 0 radical (unpaired) electrons. The molecule has 1 amide bonds. The van der Waals surface area contributed by atoms with E-state index in [2.05, 4.69) is 4.98 Å². The van der Waals surface area contributed by atoms with E-state index in [9.17, 15) is 14.7 Å². The molecule has 0 aliphatic heterocycles. The Balaban J connectivity index is 1.83. The van der Waals surface area contributed by atoms with Crippen molar-refractivity contribution in [2.75, 3.05) is 14.2 Å². The van der Waals surface area contributed by atoms with Gasteiger partial charge in [-0.2, -0.15) is 0 Å². The number of hydrogen-bond donors (Lipinski definition) is 1. The van der Waals surface area contributed by atoms with Gasteiger partial charge in [0, 0.05) is 18.0 Å². The number of carbonyl (C=O) groups excluding carboxylic acids is 1. The fourth-order valence-corrected chi connectivity index (χ4v) is 4.23. The molecule has 2 aromatic rings. The highest BCUT2D eigenvalue weighted by Crippen LogP contribution is 2.35. The predicted octanol–water partition coefficient (Wildman–Crippen LogP) is 3.68. The molecule has 1 N–H and O–H groups in total. The van der Waals surface area contributed by atoms with E-state index in [-0.39, 0.29) is 11.6 Å². The van der Waals surface area contributed by atoms with E-state index in [1.807, 2.05) is 24.3 Å². The number of methoxy groups -OCH3 is 1. The maximum atomic E-state index is 12.9. The minimum absolute atomic E-state index is 0.287. The van der Waals surface area contributed by atoms with Crippen molar-refractivity contribution in [1.82, 2.24) is 9.88 Å². The third kappa shape index (κ3) is 3.31. The number of carboxylic acids is 1. The summed E-state index contributed by atoms with van der Waals surface area (Å²) in [6.45, 7) is 0. The van der Waals surface area contributed by atoms with E-state index in [1.54, 1.807) is 19.5 Å². The second-order valence-corrected chi connectivity index (χ2v) is 7.39. The number of benzene rings is 1. The number of amides is 1. The number of aromatic nitrogens is 1. The summed E-state index contributed by atoms with van der Waals surface area (Å²) < 4.78 is 5.15. The number of carbonyl (C=O) groups is 2. The quantitative estimate of drug-likeness (QED) is 0.864. The summed E-state index contributed by atoms with van der Waals surface area (Å²) in [6, 6.07) is 7.45. The molecular weight excluding hydrogens is 352 g/mol. The van der Waals surface area contributed by atoms with Crippen LogP contribution in [0.5, 0.6) is 5.75 Å². The third-order valence-electron chi connectivity index (χ3n) is 5.09.